The minimum Gasteiger partial charge on any atom is -0.326 e. The van der Waals surface area contributed by atoms with Crippen molar-refractivity contribution in [2.24, 2.45) is 5.73 Å². The number of benzene rings is 1. The highest BCUT2D eigenvalue weighted by Gasteiger charge is 2.08. The van der Waals surface area contributed by atoms with Crippen LogP contribution in [0.3, 0.4) is 0 Å². The van der Waals surface area contributed by atoms with Gasteiger partial charge in [-0.1, -0.05) is 6.07 Å². The second-order valence-electron chi connectivity index (χ2n) is 3.27. The van der Waals surface area contributed by atoms with E-state index in [1.54, 1.807) is 19.1 Å². The van der Waals surface area contributed by atoms with Gasteiger partial charge in [0.1, 0.15) is 11.6 Å². The zero-order valence-corrected chi connectivity index (χ0v) is 9.51. The Bertz CT molecular complexity index is 497. The average Bonchev–Trinajstić information content (AvgIpc) is 2.67. The maximum Gasteiger partial charge on any atom is 0.213 e. The summed E-state index contributed by atoms with van der Waals surface area (Å²) in [4.78, 5) is 4.59. The molecule has 0 saturated carbocycles. The molecule has 84 valence electrons. The van der Waals surface area contributed by atoms with Crippen molar-refractivity contribution in [2.75, 3.05) is 0 Å². The third-order valence-corrected chi connectivity index (χ3v) is 2.93. The molecule has 0 fully saturated rings. The summed E-state index contributed by atoms with van der Waals surface area (Å²) >= 11 is 1.18. The van der Waals surface area contributed by atoms with Gasteiger partial charge in [-0.25, -0.2) is 9.37 Å². The molecule has 0 bridgehead atoms. The van der Waals surface area contributed by atoms with Crippen molar-refractivity contribution in [2.45, 2.75) is 23.5 Å². The lowest BCUT2D eigenvalue weighted by molar-refractivity contribution is 0.599. The van der Waals surface area contributed by atoms with Crippen molar-refractivity contribution < 1.29 is 4.39 Å². The van der Waals surface area contributed by atoms with Crippen LogP contribution in [0.4, 0.5) is 4.39 Å². The lowest BCUT2D eigenvalue weighted by atomic mass is 10.2. The number of nitrogens with two attached hydrogens (primary N) is 1. The van der Waals surface area contributed by atoms with Gasteiger partial charge in [0, 0.05) is 6.54 Å². The molecule has 2 rings (SSSR count). The van der Waals surface area contributed by atoms with Gasteiger partial charge in [0.2, 0.25) is 5.16 Å². The van der Waals surface area contributed by atoms with E-state index in [9.17, 15) is 4.39 Å². The number of nitrogens with zero attached hydrogens (tertiary/aromatic N) is 2. The Morgan fingerprint density at radius 1 is 1.50 bits per heavy atom. The monoisotopic (exact) mass is 238 g/mol. The number of rotatable bonds is 3. The van der Waals surface area contributed by atoms with E-state index in [1.165, 1.54) is 17.8 Å². The van der Waals surface area contributed by atoms with Gasteiger partial charge >= 0.3 is 0 Å². The third-order valence-electron chi connectivity index (χ3n) is 2.01. The van der Waals surface area contributed by atoms with E-state index in [4.69, 9.17) is 5.73 Å². The van der Waals surface area contributed by atoms with Crippen molar-refractivity contribution in [3.05, 3.63) is 35.4 Å². The maximum absolute atomic E-state index is 13.6. The number of nitrogens with one attached hydrogen (secondary N) is 1. The van der Waals surface area contributed by atoms with E-state index in [1.807, 2.05) is 0 Å². The molecule has 2 aromatic rings. The summed E-state index contributed by atoms with van der Waals surface area (Å²) in [7, 11) is 0. The van der Waals surface area contributed by atoms with Crippen molar-refractivity contribution >= 4 is 11.8 Å². The highest BCUT2D eigenvalue weighted by Crippen LogP contribution is 2.27. The second kappa shape index (κ2) is 4.63. The van der Waals surface area contributed by atoms with Crippen LogP contribution in [0.15, 0.2) is 28.3 Å². The van der Waals surface area contributed by atoms with Crippen LogP contribution in [0.2, 0.25) is 0 Å². The van der Waals surface area contributed by atoms with Gasteiger partial charge in [-0.05, 0) is 36.4 Å². The van der Waals surface area contributed by atoms with E-state index >= 15 is 0 Å². The van der Waals surface area contributed by atoms with Crippen molar-refractivity contribution in [1.82, 2.24) is 15.2 Å². The highest BCUT2D eigenvalue weighted by atomic mass is 32.2. The van der Waals surface area contributed by atoms with Crippen LogP contribution in [0.1, 0.15) is 11.4 Å². The van der Waals surface area contributed by atoms with Crippen LogP contribution >= 0.6 is 11.8 Å². The molecular weight excluding hydrogens is 227 g/mol. The lowest BCUT2D eigenvalue weighted by Crippen LogP contribution is -1.97. The Labute approximate surface area is 96.5 Å². The molecule has 0 atom stereocenters. The maximum atomic E-state index is 13.6. The summed E-state index contributed by atoms with van der Waals surface area (Å²) in [5.41, 5.74) is 6.19. The summed E-state index contributed by atoms with van der Waals surface area (Å²) in [5, 5.41) is 7.15. The second-order valence-corrected chi connectivity index (χ2v) is 4.28. The number of aryl methyl sites for hydroxylation is 1. The van der Waals surface area contributed by atoms with E-state index in [2.05, 4.69) is 15.2 Å². The molecule has 1 aromatic heterocycles. The van der Waals surface area contributed by atoms with Crippen LogP contribution in [-0.2, 0) is 6.54 Å². The molecule has 4 nitrogen and oxygen atoms in total. The molecule has 16 heavy (non-hydrogen) atoms. The third kappa shape index (κ3) is 2.40. The Morgan fingerprint density at radius 3 is 2.88 bits per heavy atom. The highest BCUT2D eigenvalue weighted by molar-refractivity contribution is 7.99. The average molecular weight is 238 g/mol. The van der Waals surface area contributed by atoms with Gasteiger partial charge in [-0.2, -0.15) is 0 Å². The first-order valence-electron chi connectivity index (χ1n) is 4.74. The SMILES string of the molecule is Cc1nc(Sc2ccc(CN)cc2F)n[nH]1. The fourth-order valence-electron chi connectivity index (χ4n) is 1.22. The molecule has 1 heterocycles. The molecule has 0 aliphatic rings. The van der Waals surface area contributed by atoms with Crippen LogP contribution in [0.25, 0.3) is 0 Å². The summed E-state index contributed by atoms with van der Waals surface area (Å²) in [5.74, 6) is 0.414. The number of halogens is 1. The smallest absolute Gasteiger partial charge is 0.213 e. The number of hydrogen-bond donors (Lipinski definition) is 2. The van der Waals surface area contributed by atoms with Gasteiger partial charge < -0.3 is 5.73 Å². The number of hydrogen-bond acceptors (Lipinski definition) is 4. The summed E-state index contributed by atoms with van der Waals surface area (Å²) < 4.78 is 13.6. The van der Waals surface area contributed by atoms with E-state index in [0.29, 0.717) is 22.4 Å². The minimum absolute atomic E-state index is 0.296. The molecular formula is C10H11FN4S. The first-order chi connectivity index (χ1) is 7.69. The van der Waals surface area contributed by atoms with Crippen LogP contribution in [0, 0.1) is 12.7 Å². The van der Waals surface area contributed by atoms with E-state index in [-0.39, 0.29) is 5.82 Å². The van der Waals surface area contributed by atoms with E-state index in [0.717, 1.165) is 5.56 Å². The molecule has 0 aliphatic carbocycles. The Balaban J connectivity index is 2.21. The van der Waals surface area contributed by atoms with Gasteiger partial charge in [0.15, 0.2) is 0 Å². The molecule has 0 saturated heterocycles. The largest absolute Gasteiger partial charge is 0.326 e. The summed E-state index contributed by atoms with van der Waals surface area (Å²) in [6.07, 6.45) is 0. The molecule has 6 heteroatoms. The predicted octanol–water partition coefficient (Wildman–Crippen LogP) is 1.86. The zero-order chi connectivity index (χ0) is 11.5. The standard InChI is InChI=1S/C10H11FN4S/c1-6-13-10(15-14-6)16-9-3-2-7(5-12)4-8(9)11/h2-4H,5,12H2,1H3,(H,13,14,15). The Morgan fingerprint density at radius 2 is 2.31 bits per heavy atom. The van der Waals surface area contributed by atoms with Crippen molar-refractivity contribution in [3.8, 4) is 0 Å². The molecule has 0 aliphatic heterocycles. The molecule has 1 aromatic carbocycles. The van der Waals surface area contributed by atoms with Crippen LogP contribution in [-0.4, -0.2) is 15.2 Å². The minimum atomic E-state index is -0.296. The normalized spacial score (nSPS) is 10.7. The first kappa shape index (κ1) is 11.1. The molecule has 0 amide bonds. The van der Waals surface area contributed by atoms with Crippen molar-refractivity contribution in [3.63, 3.8) is 0 Å². The fourth-order valence-corrected chi connectivity index (χ4v) is 1.98. The summed E-state index contributed by atoms with van der Waals surface area (Å²) in [6.45, 7) is 2.13. The zero-order valence-electron chi connectivity index (χ0n) is 8.70. The van der Waals surface area contributed by atoms with Crippen LogP contribution < -0.4 is 5.73 Å². The topological polar surface area (TPSA) is 67.6 Å². The van der Waals surface area contributed by atoms with E-state index < -0.39 is 0 Å². The van der Waals surface area contributed by atoms with Crippen LogP contribution in [0.5, 0.6) is 0 Å². The van der Waals surface area contributed by atoms with Gasteiger partial charge in [0.05, 0.1) is 4.90 Å². The fraction of sp³-hybridized carbons (Fsp3) is 0.200. The van der Waals surface area contributed by atoms with Gasteiger partial charge in [0.25, 0.3) is 0 Å². The quantitative estimate of drug-likeness (QED) is 0.856. The summed E-state index contributed by atoms with van der Waals surface area (Å²) in [6, 6.07) is 4.92. The Kier molecular flexibility index (Phi) is 3.21. The number of aromatic nitrogens is 3. The molecule has 0 spiro atoms. The van der Waals surface area contributed by atoms with Gasteiger partial charge in [-0.3, -0.25) is 5.10 Å². The number of H-pyrrole nitrogens is 1. The molecule has 0 unspecified atom stereocenters. The molecule has 3 N–H and O–H groups in total. The lowest BCUT2D eigenvalue weighted by Gasteiger charge is -2.01. The first-order valence-corrected chi connectivity index (χ1v) is 5.56. The van der Waals surface area contributed by atoms with Gasteiger partial charge in [-0.15, -0.1) is 5.10 Å². The number of aromatic amines is 1. The van der Waals surface area contributed by atoms with Crippen molar-refractivity contribution in [1.29, 1.82) is 0 Å². The Hall–Kier alpha value is -1.40. The predicted molar refractivity (Wildman–Crippen MR) is 59.5 cm³/mol. The molecule has 0 radical (unpaired) electrons.